The molecule has 4 heterocycles. The van der Waals surface area contributed by atoms with E-state index in [9.17, 15) is 0 Å². The fourth-order valence-corrected chi connectivity index (χ4v) is 10.8. The molecule has 0 radical (unpaired) electrons. The highest BCUT2D eigenvalue weighted by atomic mass is 32.1. The summed E-state index contributed by atoms with van der Waals surface area (Å²) in [6.45, 7) is 0. The number of aromatic nitrogens is 1. The highest BCUT2D eigenvalue weighted by Gasteiger charge is 2.24. The van der Waals surface area contributed by atoms with Gasteiger partial charge in [0.2, 0.25) is 0 Å². The van der Waals surface area contributed by atoms with Gasteiger partial charge in [-0.05, 0) is 71.8 Å². The highest BCUT2D eigenvalue weighted by molar-refractivity contribution is 7.27. The first kappa shape index (κ1) is 29.2. The van der Waals surface area contributed by atoms with Crippen LogP contribution in [0.25, 0.3) is 79.0 Å². The fraction of sp³-hybridized carbons (Fsp3) is 0. The van der Waals surface area contributed by atoms with Gasteiger partial charge >= 0.3 is 0 Å². The maximum atomic E-state index is 6.37. The molecule has 0 saturated carbocycles. The van der Waals surface area contributed by atoms with Crippen molar-refractivity contribution in [2.75, 3.05) is 4.90 Å². The summed E-state index contributed by atoms with van der Waals surface area (Å²) in [6, 6.07) is 61.7. The third-order valence-corrected chi connectivity index (χ3v) is 13.2. The van der Waals surface area contributed by atoms with E-state index < -0.39 is 0 Å². The number of rotatable bonds is 4. The fourth-order valence-electron chi connectivity index (χ4n) is 8.42. The van der Waals surface area contributed by atoms with Gasteiger partial charge in [-0.1, -0.05) is 109 Å². The van der Waals surface area contributed by atoms with Crippen molar-refractivity contribution in [1.29, 1.82) is 0 Å². The molecule has 12 rings (SSSR count). The van der Waals surface area contributed by atoms with Crippen molar-refractivity contribution in [3.8, 4) is 28.3 Å². The molecule has 0 N–H and O–H groups in total. The number of para-hydroxylation sites is 3. The molecule has 3 nitrogen and oxygen atoms in total. The van der Waals surface area contributed by atoms with Crippen LogP contribution in [0, 0.1) is 0 Å². The molecule has 248 valence electrons. The van der Waals surface area contributed by atoms with Gasteiger partial charge < -0.3 is 14.2 Å². The lowest BCUT2D eigenvalue weighted by atomic mass is 10.0. The number of thiophene rings is 2. The Kier molecular flexibility index (Phi) is 6.09. The Balaban J connectivity index is 1.05. The van der Waals surface area contributed by atoms with Crippen molar-refractivity contribution < 1.29 is 4.74 Å². The molecular formula is C48H28N2OS2. The topological polar surface area (TPSA) is 17.4 Å². The monoisotopic (exact) mass is 712 g/mol. The van der Waals surface area contributed by atoms with Gasteiger partial charge in [-0.15, -0.1) is 22.7 Å². The van der Waals surface area contributed by atoms with E-state index in [2.05, 4.69) is 173 Å². The van der Waals surface area contributed by atoms with E-state index in [1.807, 2.05) is 28.7 Å². The van der Waals surface area contributed by atoms with Crippen LogP contribution in [-0.4, -0.2) is 4.57 Å². The average Bonchev–Trinajstić information content (AvgIpc) is 3.90. The van der Waals surface area contributed by atoms with Crippen LogP contribution in [0.5, 0.6) is 11.5 Å². The Morgan fingerprint density at radius 1 is 0.434 bits per heavy atom. The predicted octanol–water partition coefficient (Wildman–Crippen LogP) is 14.8. The minimum atomic E-state index is 0.877. The van der Waals surface area contributed by atoms with E-state index in [-0.39, 0.29) is 0 Å². The molecule has 11 aromatic rings. The molecule has 0 aliphatic carbocycles. The number of ether oxygens (including phenoxy) is 1. The van der Waals surface area contributed by atoms with Crippen LogP contribution in [0.1, 0.15) is 0 Å². The van der Waals surface area contributed by atoms with Gasteiger partial charge in [0.1, 0.15) is 0 Å². The van der Waals surface area contributed by atoms with Crippen LogP contribution in [0.15, 0.2) is 170 Å². The molecule has 3 aromatic heterocycles. The lowest BCUT2D eigenvalue weighted by Crippen LogP contribution is -2.10. The second kappa shape index (κ2) is 11.1. The van der Waals surface area contributed by atoms with Crippen LogP contribution >= 0.6 is 22.7 Å². The van der Waals surface area contributed by atoms with Crippen LogP contribution < -0.4 is 9.64 Å². The zero-order chi connectivity index (χ0) is 34.6. The van der Waals surface area contributed by atoms with Crippen LogP contribution in [0.2, 0.25) is 0 Å². The largest absolute Gasteiger partial charge is 0.453 e. The number of anilines is 3. The Hall–Kier alpha value is -6.40. The van der Waals surface area contributed by atoms with Gasteiger partial charge in [0, 0.05) is 47.4 Å². The molecular weight excluding hydrogens is 685 g/mol. The Bertz CT molecular complexity index is 3160. The highest BCUT2D eigenvalue weighted by Crippen LogP contribution is 2.50. The summed E-state index contributed by atoms with van der Waals surface area (Å²) in [7, 11) is 0. The zero-order valence-corrected chi connectivity index (χ0v) is 29.9. The molecule has 1 aliphatic heterocycles. The van der Waals surface area contributed by atoms with Crippen molar-refractivity contribution in [3.05, 3.63) is 170 Å². The molecule has 5 heteroatoms. The van der Waals surface area contributed by atoms with Crippen LogP contribution in [-0.2, 0) is 0 Å². The van der Waals surface area contributed by atoms with Gasteiger partial charge in [-0.2, -0.15) is 0 Å². The zero-order valence-electron chi connectivity index (χ0n) is 28.3. The molecule has 1 aliphatic rings. The molecule has 0 amide bonds. The first-order valence-electron chi connectivity index (χ1n) is 17.8. The average molecular weight is 713 g/mol. The van der Waals surface area contributed by atoms with Crippen LogP contribution in [0.3, 0.4) is 0 Å². The van der Waals surface area contributed by atoms with Gasteiger partial charge in [0.25, 0.3) is 0 Å². The second-order valence-corrected chi connectivity index (χ2v) is 15.8. The van der Waals surface area contributed by atoms with Gasteiger partial charge in [0.15, 0.2) is 11.5 Å². The van der Waals surface area contributed by atoms with E-state index in [1.165, 1.54) is 79.1 Å². The summed E-state index contributed by atoms with van der Waals surface area (Å²) in [5.74, 6) is 1.77. The van der Waals surface area contributed by atoms with E-state index in [1.54, 1.807) is 0 Å². The second-order valence-electron chi connectivity index (χ2n) is 13.7. The van der Waals surface area contributed by atoms with Crippen molar-refractivity contribution in [2.24, 2.45) is 0 Å². The third-order valence-electron chi connectivity index (χ3n) is 10.8. The van der Waals surface area contributed by atoms with Crippen molar-refractivity contribution in [3.63, 3.8) is 0 Å². The maximum Gasteiger partial charge on any atom is 0.152 e. The van der Waals surface area contributed by atoms with Crippen molar-refractivity contribution >= 4 is 102 Å². The number of hydrogen-bond donors (Lipinski definition) is 0. The van der Waals surface area contributed by atoms with E-state index in [4.69, 9.17) is 4.74 Å². The van der Waals surface area contributed by atoms with Crippen molar-refractivity contribution in [1.82, 2.24) is 4.57 Å². The minimum Gasteiger partial charge on any atom is -0.453 e. The predicted molar refractivity (Wildman–Crippen MR) is 227 cm³/mol. The Labute approximate surface area is 312 Å². The number of fused-ring (bicyclic) bond motifs is 11. The van der Waals surface area contributed by atoms with E-state index in [0.717, 1.165) is 28.4 Å². The summed E-state index contributed by atoms with van der Waals surface area (Å²) in [5.41, 5.74) is 9.24. The smallest absolute Gasteiger partial charge is 0.152 e. The minimum absolute atomic E-state index is 0.877. The SMILES string of the molecule is c1ccc2c(c1)Oc1cccc3c4ccc(-c5ccc(N(c6cccc7c6sc6ccccc67)c6cccc7c6sc6ccccc67)cc5)cc4n-2c13. The van der Waals surface area contributed by atoms with Gasteiger partial charge in [-0.25, -0.2) is 0 Å². The summed E-state index contributed by atoms with van der Waals surface area (Å²) in [5, 5.41) is 7.62. The summed E-state index contributed by atoms with van der Waals surface area (Å²) >= 11 is 3.75. The number of hydrogen-bond acceptors (Lipinski definition) is 4. The first-order chi connectivity index (χ1) is 26.3. The normalized spacial score (nSPS) is 12.3. The summed E-state index contributed by atoms with van der Waals surface area (Å²) in [6.07, 6.45) is 0. The van der Waals surface area contributed by atoms with Gasteiger partial charge in [0.05, 0.1) is 37.5 Å². The van der Waals surface area contributed by atoms with E-state index in [0.29, 0.717) is 0 Å². The molecule has 0 unspecified atom stereocenters. The molecule has 53 heavy (non-hydrogen) atoms. The molecule has 0 atom stereocenters. The van der Waals surface area contributed by atoms with Gasteiger partial charge in [-0.3, -0.25) is 0 Å². The maximum absolute atomic E-state index is 6.37. The molecule has 8 aromatic carbocycles. The Morgan fingerprint density at radius 3 is 1.72 bits per heavy atom. The standard InChI is InChI=1S/C48H28N2OS2/c1-5-20-44-33(10-1)36-13-7-16-39(47(36)52-44)49(40-17-8-14-37-34-11-2-6-21-45(34)53-48(37)40)31-25-22-29(23-26-31)30-24-27-32-35-12-9-19-43-46(35)50(41(32)28-30)38-15-3-4-18-42(38)51-43/h1-28H. The first-order valence-corrected chi connectivity index (χ1v) is 19.5. The number of benzene rings is 8. The molecule has 0 bridgehead atoms. The lowest BCUT2D eigenvalue weighted by Gasteiger charge is -2.27. The molecule has 0 saturated heterocycles. The Morgan fingerprint density at radius 2 is 1.00 bits per heavy atom. The summed E-state index contributed by atoms with van der Waals surface area (Å²) in [4.78, 5) is 2.48. The molecule has 0 fully saturated rings. The quantitative estimate of drug-likeness (QED) is 0.181. The van der Waals surface area contributed by atoms with Crippen molar-refractivity contribution in [2.45, 2.75) is 0 Å². The molecule has 0 spiro atoms. The van der Waals surface area contributed by atoms with Crippen LogP contribution in [0.4, 0.5) is 17.1 Å². The third kappa shape index (κ3) is 4.20. The summed E-state index contributed by atoms with van der Waals surface area (Å²) < 4.78 is 13.9. The lowest BCUT2D eigenvalue weighted by molar-refractivity contribution is 0.476. The van der Waals surface area contributed by atoms with E-state index >= 15 is 0 Å². The number of nitrogens with zero attached hydrogens (tertiary/aromatic N) is 2.